The molecule has 0 aromatic carbocycles. The van der Waals surface area contributed by atoms with Crippen molar-refractivity contribution >= 4 is 0 Å². The Morgan fingerprint density at radius 3 is 3.00 bits per heavy atom. The Balaban J connectivity index is 1.81. The lowest BCUT2D eigenvalue weighted by Crippen LogP contribution is -2.26. The van der Waals surface area contributed by atoms with Gasteiger partial charge in [0.1, 0.15) is 0 Å². The molecule has 0 bridgehead atoms. The van der Waals surface area contributed by atoms with Crippen molar-refractivity contribution in [2.24, 2.45) is 5.73 Å². The van der Waals surface area contributed by atoms with Gasteiger partial charge in [-0.3, -0.25) is 0 Å². The van der Waals surface area contributed by atoms with Gasteiger partial charge >= 0.3 is 0 Å². The average molecular weight is 254 g/mol. The molecule has 18 heavy (non-hydrogen) atoms. The van der Waals surface area contributed by atoms with Gasteiger partial charge in [0, 0.05) is 19.6 Å². The highest BCUT2D eigenvalue weighted by Crippen LogP contribution is 2.17. The number of aryl methyl sites for hydroxylation is 1. The second kappa shape index (κ2) is 6.26. The predicted octanol–water partition coefficient (Wildman–Crippen LogP) is 0.743. The Bertz CT molecular complexity index is 361. The highest BCUT2D eigenvalue weighted by Gasteiger charge is 2.18. The van der Waals surface area contributed by atoms with E-state index < -0.39 is 0 Å². The number of rotatable bonds is 6. The monoisotopic (exact) mass is 254 g/mol. The number of nitrogens with zero attached hydrogens (tertiary/aromatic N) is 3. The molecule has 1 fully saturated rings. The fourth-order valence-electron chi connectivity index (χ4n) is 2.15. The molecule has 102 valence electrons. The number of aromatic nitrogens is 2. The summed E-state index contributed by atoms with van der Waals surface area (Å²) in [6.07, 6.45) is 4.38. The molecule has 0 radical (unpaired) electrons. The summed E-state index contributed by atoms with van der Waals surface area (Å²) in [5, 5.41) is 3.94. The summed E-state index contributed by atoms with van der Waals surface area (Å²) in [4.78, 5) is 6.35. The van der Waals surface area contributed by atoms with Crippen LogP contribution < -0.4 is 5.73 Å². The molecule has 1 aromatic heterocycles. The normalized spacial score (nSPS) is 21.7. The number of ether oxygens (including phenoxy) is 1. The van der Waals surface area contributed by atoms with Gasteiger partial charge < -0.3 is 19.9 Å². The van der Waals surface area contributed by atoms with Crippen LogP contribution in [-0.4, -0.2) is 48.4 Å². The molecule has 2 rings (SSSR count). The minimum absolute atomic E-state index is 0.194. The summed E-state index contributed by atoms with van der Waals surface area (Å²) >= 11 is 0. The molecule has 0 saturated carbocycles. The topological polar surface area (TPSA) is 77.4 Å². The van der Waals surface area contributed by atoms with Crippen molar-refractivity contribution in [3.8, 4) is 0 Å². The van der Waals surface area contributed by atoms with Crippen LogP contribution in [0.3, 0.4) is 0 Å². The van der Waals surface area contributed by atoms with E-state index in [1.54, 1.807) is 0 Å². The Labute approximate surface area is 107 Å². The zero-order chi connectivity index (χ0) is 13.0. The van der Waals surface area contributed by atoms with Crippen LogP contribution in [0.1, 0.15) is 37.0 Å². The molecule has 1 aromatic rings. The molecular weight excluding hydrogens is 232 g/mol. The number of hydrogen-bond acceptors (Lipinski definition) is 6. The zero-order valence-corrected chi connectivity index (χ0v) is 11.1. The van der Waals surface area contributed by atoms with Crippen LogP contribution in [0.5, 0.6) is 0 Å². The molecule has 2 heterocycles. The van der Waals surface area contributed by atoms with Gasteiger partial charge in [0.05, 0.1) is 12.1 Å². The van der Waals surface area contributed by atoms with Crippen LogP contribution in [0, 0.1) is 0 Å². The van der Waals surface area contributed by atoms with Gasteiger partial charge in [0.25, 0.3) is 0 Å². The maximum absolute atomic E-state index is 5.98. The van der Waals surface area contributed by atoms with Gasteiger partial charge in [0.15, 0.2) is 5.82 Å². The maximum Gasteiger partial charge on any atom is 0.226 e. The molecule has 6 nitrogen and oxygen atoms in total. The predicted molar refractivity (Wildman–Crippen MR) is 67.1 cm³/mol. The first-order valence-electron chi connectivity index (χ1n) is 6.49. The average Bonchev–Trinajstić information content (AvgIpc) is 2.97. The van der Waals surface area contributed by atoms with Crippen molar-refractivity contribution in [2.45, 2.75) is 37.8 Å². The first-order valence-corrected chi connectivity index (χ1v) is 6.49. The van der Waals surface area contributed by atoms with Gasteiger partial charge in [-0.25, -0.2) is 0 Å². The molecule has 1 aliphatic heterocycles. The number of nitrogens with two attached hydrogens (primary N) is 1. The fraction of sp³-hybridized carbons (Fsp3) is 0.833. The van der Waals surface area contributed by atoms with E-state index >= 15 is 0 Å². The number of likely N-dealkylation sites (N-methyl/N-ethyl adjacent to an activating group) is 1. The van der Waals surface area contributed by atoms with E-state index in [2.05, 4.69) is 10.1 Å². The first-order chi connectivity index (χ1) is 8.65. The van der Waals surface area contributed by atoms with Gasteiger partial charge in [-0.05, 0) is 33.4 Å². The lowest BCUT2D eigenvalue weighted by Gasteiger charge is -2.12. The van der Waals surface area contributed by atoms with Crippen molar-refractivity contribution in [1.82, 2.24) is 15.0 Å². The van der Waals surface area contributed by atoms with Crippen molar-refractivity contribution in [2.75, 3.05) is 27.2 Å². The smallest absolute Gasteiger partial charge is 0.226 e. The van der Waals surface area contributed by atoms with E-state index in [1.807, 2.05) is 19.0 Å². The molecule has 2 atom stereocenters. The zero-order valence-electron chi connectivity index (χ0n) is 11.1. The van der Waals surface area contributed by atoms with Gasteiger partial charge in [-0.1, -0.05) is 5.16 Å². The number of hydrogen-bond donors (Lipinski definition) is 1. The summed E-state index contributed by atoms with van der Waals surface area (Å²) in [5.41, 5.74) is 5.98. The molecule has 0 aliphatic carbocycles. The van der Waals surface area contributed by atoms with Gasteiger partial charge in [-0.2, -0.15) is 4.98 Å². The highest BCUT2D eigenvalue weighted by atomic mass is 16.5. The molecule has 0 spiro atoms. The van der Waals surface area contributed by atoms with E-state index in [4.69, 9.17) is 15.0 Å². The second-order valence-corrected chi connectivity index (χ2v) is 5.09. The lowest BCUT2D eigenvalue weighted by molar-refractivity contribution is 0.102. The molecule has 0 amide bonds. The minimum Gasteiger partial charge on any atom is -0.378 e. The van der Waals surface area contributed by atoms with E-state index in [0.29, 0.717) is 24.4 Å². The third kappa shape index (κ3) is 3.76. The van der Waals surface area contributed by atoms with E-state index in [0.717, 1.165) is 32.3 Å². The quantitative estimate of drug-likeness (QED) is 0.807. The third-order valence-electron chi connectivity index (χ3n) is 3.08. The van der Waals surface area contributed by atoms with Crippen molar-refractivity contribution < 1.29 is 9.26 Å². The van der Waals surface area contributed by atoms with Crippen LogP contribution in [0.2, 0.25) is 0 Å². The van der Waals surface area contributed by atoms with E-state index in [9.17, 15) is 0 Å². The molecule has 6 heteroatoms. The summed E-state index contributed by atoms with van der Waals surface area (Å²) in [7, 11) is 3.94. The van der Waals surface area contributed by atoms with Crippen LogP contribution in [0.15, 0.2) is 4.52 Å². The lowest BCUT2D eigenvalue weighted by atomic mass is 10.1. The molecule has 2 N–H and O–H groups in total. The summed E-state index contributed by atoms with van der Waals surface area (Å²) in [6.45, 7) is 1.60. The standard InChI is InChI=1S/C12H22N4O2/c1-16(2)8-10(13)12-14-11(18-15-12)6-5-9-4-3-7-17-9/h9-10H,3-8,13H2,1-2H3. The Morgan fingerprint density at radius 2 is 2.33 bits per heavy atom. The molecule has 1 aliphatic rings. The highest BCUT2D eigenvalue weighted by molar-refractivity contribution is 4.94. The van der Waals surface area contributed by atoms with Crippen molar-refractivity contribution in [3.63, 3.8) is 0 Å². The SMILES string of the molecule is CN(C)CC(N)c1noc(CCC2CCCO2)n1. The van der Waals surface area contributed by atoms with Crippen LogP contribution >= 0.6 is 0 Å². The van der Waals surface area contributed by atoms with E-state index in [-0.39, 0.29) is 6.04 Å². The Hall–Kier alpha value is -0.980. The van der Waals surface area contributed by atoms with Crippen LogP contribution in [0.4, 0.5) is 0 Å². The Morgan fingerprint density at radius 1 is 1.50 bits per heavy atom. The minimum atomic E-state index is -0.194. The maximum atomic E-state index is 5.98. The summed E-state index contributed by atoms with van der Waals surface area (Å²) in [6, 6.07) is -0.194. The molecule has 1 saturated heterocycles. The van der Waals surface area contributed by atoms with E-state index in [1.165, 1.54) is 0 Å². The summed E-state index contributed by atoms with van der Waals surface area (Å²) < 4.78 is 10.8. The largest absolute Gasteiger partial charge is 0.378 e. The molecular formula is C12H22N4O2. The van der Waals surface area contributed by atoms with Crippen LogP contribution in [0.25, 0.3) is 0 Å². The third-order valence-corrected chi connectivity index (χ3v) is 3.08. The van der Waals surface area contributed by atoms with Gasteiger partial charge in [0.2, 0.25) is 5.89 Å². The van der Waals surface area contributed by atoms with Crippen molar-refractivity contribution in [3.05, 3.63) is 11.7 Å². The fourth-order valence-corrected chi connectivity index (χ4v) is 2.15. The molecule has 2 unspecified atom stereocenters. The Kier molecular flexibility index (Phi) is 4.68. The summed E-state index contributed by atoms with van der Waals surface area (Å²) in [5.74, 6) is 1.25. The first kappa shape index (κ1) is 13.5. The van der Waals surface area contributed by atoms with Crippen LogP contribution in [-0.2, 0) is 11.2 Å². The van der Waals surface area contributed by atoms with Crippen molar-refractivity contribution in [1.29, 1.82) is 0 Å². The van der Waals surface area contributed by atoms with Gasteiger partial charge in [-0.15, -0.1) is 0 Å². The second-order valence-electron chi connectivity index (χ2n) is 5.09.